The van der Waals surface area contributed by atoms with Gasteiger partial charge in [0.2, 0.25) is 0 Å². The van der Waals surface area contributed by atoms with Gasteiger partial charge in [-0.2, -0.15) is 0 Å². The van der Waals surface area contributed by atoms with E-state index in [1.807, 2.05) is 19.1 Å². The molecule has 0 unspecified atom stereocenters. The second-order valence-corrected chi connectivity index (χ2v) is 6.59. The van der Waals surface area contributed by atoms with E-state index in [1.54, 1.807) is 37.9 Å². The molecule has 0 atom stereocenters. The van der Waals surface area contributed by atoms with Crippen LogP contribution in [0.3, 0.4) is 0 Å². The predicted molar refractivity (Wildman–Crippen MR) is 113 cm³/mol. The first-order valence-corrected chi connectivity index (χ1v) is 9.45. The highest BCUT2D eigenvalue weighted by Gasteiger charge is 2.12. The van der Waals surface area contributed by atoms with Crippen LogP contribution in [0, 0.1) is 6.92 Å². The largest absolute Gasteiger partial charge is 0.370 e. The molecule has 0 aliphatic carbocycles. The Hall–Kier alpha value is -4.01. The van der Waals surface area contributed by atoms with Crippen LogP contribution in [0.5, 0.6) is 0 Å². The quantitative estimate of drug-likeness (QED) is 0.506. The molecule has 0 saturated carbocycles. The zero-order valence-corrected chi connectivity index (χ0v) is 16.6. The molecule has 1 amide bonds. The molecule has 0 radical (unpaired) electrons. The Labute approximate surface area is 173 Å². The van der Waals surface area contributed by atoms with Crippen LogP contribution < -0.4 is 10.6 Å². The topological polar surface area (TPSA) is 118 Å². The van der Waals surface area contributed by atoms with Crippen molar-refractivity contribution in [2.45, 2.75) is 13.3 Å². The van der Waals surface area contributed by atoms with Gasteiger partial charge in [0.05, 0.1) is 16.8 Å². The van der Waals surface area contributed by atoms with E-state index in [-0.39, 0.29) is 5.91 Å². The van der Waals surface area contributed by atoms with Crippen molar-refractivity contribution in [2.75, 3.05) is 18.9 Å². The molecule has 0 aliphatic heterocycles. The third kappa shape index (κ3) is 4.04. The van der Waals surface area contributed by atoms with Crippen LogP contribution in [0.1, 0.15) is 21.7 Å². The Balaban J connectivity index is 1.50. The van der Waals surface area contributed by atoms with Crippen molar-refractivity contribution in [3.8, 4) is 11.3 Å². The minimum absolute atomic E-state index is 0.182. The third-order valence-corrected chi connectivity index (χ3v) is 4.62. The number of nitrogens with one attached hydrogen (secondary N) is 2. The highest BCUT2D eigenvalue weighted by Crippen LogP contribution is 2.20. The van der Waals surface area contributed by atoms with Crippen LogP contribution in [-0.2, 0) is 6.42 Å². The summed E-state index contributed by atoms with van der Waals surface area (Å²) in [4.78, 5) is 37.9. The molecule has 4 rings (SSSR count). The molecule has 0 saturated heterocycles. The van der Waals surface area contributed by atoms with Crippen molar-refractivity contribution in [2.24, 2.45) is 0 Å². The summed E-state index contributed by atoms with van der Waals surface area (Å²) >= 11 is 0. The number of aromatic nitrogens is 6. The number of aryl methyl sites for hydroxylation is 1. The van der Waals surface area contributed by atoms with Gasteiger partial charge in [0.1, 0.15) is 23.5 Å². The van der Waals surface area contributed by atoms with E-state index >= 15 is 0 Å². The number of carbonyl (C=O) groups is 1. The van der Waals surface area contributed by atoms with E-state index in [9.17, 15) is 4.79 Å². The van der Waals surface area contributed by atoms with Gasteiger partial charge in [0.15, 0.2) is 0 Å². The van der Waals surface area contributed by atoms with Gasteiger partial charge in [-0.3, -0.25) is 14.8 Å². The number of hydrogen-bond acceptors (Lipinski definition) is 8. The monoisotopic (exact) mass is 400 g/mol. The number of anilines is 1. The van der Waals surface area contributed by atoms with Crippen LogP contribution in [0.25, 0.3) is 22.3 Å². The average Bonchev–Trinajstić information content (AvgIpc) is 2.79. The molecule has 9 nitrogen and oxygen atoms in total. The van der Waals surface area contributed by atoms with Crippen LogP contribution in [0.4, 0.5) is 5.82 Å². The summed E-state index contributed by atoms with van der Waals surface area (Å²) in [5.74, 6) is 1.24. The fourth-order valence-electron chi connectivity index (χ4n) is 3.08. The maximum Gasteiger partial charge on any atom is 0.253 e. The molecule has 4 heterocycles. The number of amides is 1. The summed E-state index contributed by atoms with van der Waals surface area (Å²) in [6.07, 6.45) is 9.02. The molecule has 0 aliphatic rings. The van der Waals surface area contributed by atoms with E-state index < -0.39 is 0 Å². The molecule has 0 spiro atoms. The molecule has 4 aromatic heterocycles. The van der Waals surface area contributed by atoms with Crippen molar-refractivity contribution in [3.63, 3.8) is 0 Å². The van der Waals surface area contributed by atoms with Gasteiger partial charge in [0.25, 0.3) is 5.91 Å². The van der Waals surface area contributed by atoms with Crippen LogP contribution in [0.2, 0.25) is 0 Å². The maximum atomic E-state index is 12.1. The van der Waals surface area contributed by atoms with Gasteiger partial charge in [-0.25, -0.2) is 19.9 Å². The molecule has 30 heavy (non-hydrogen) atoms. The first-order valence-electron chi connectivity index (χ1n) is 9.45. The molecule has 4 aromatic rings. The molecule has 150 valence electrons. The Morgan fingerprint density at radius 2 is 1.73 bits per heavy atom. The average molecular weight is 400 g/mol. The molecule has 0 aromatic carbocycles. The van der Waals surface area contributed by atoms with Crippen molar-refractivity contribution in [1.29, 1.82) is 0 Å². The molecule has 0 fully saturated rings. The van der Waals surface area contributed by atoms with Gasteiger partial charge in [0, 0.05) is 50.0 Å². The minimum Gasteiger partial charge on any atom is -0.370 e. The molecule has 0 bridgehead atoms. The fourth-order valence-corrected chi connectivity index (χ4v) is 3.08. The molecule has 2 N–H and O–H groups in total. The number of fused-ring (bicyclic) bond motifs is 1. The second kappa shape index (κ2) is 8.56. The van der Waals surface area contributed by atoms with E-state index in [0.717, 1.165) is 22.3 Å². The van der Waals surface area contributed by atoms with Crippen molar-refractivity contribution in [1.82, 2.24) is 35.2 Å². The van der Waals surface area contributed by atoms with E-state index in [0.29, 0.717) is 35.7 Å². The number of nitrogens with zero attached hydrogens (tertiary/aromatic N) is 6. The van der Waals surface area contributed by atoms with Gasteiger partial charge in [-0.1, -0.05) is 0 Å². The lowest BCUT2D eigenvalue weighted by molar-refractivity contribution is 0.0964. The van der Waals surface area contributed by atoms with Crippen molar-refractivity contribution >= 4 is 22.8 Å². The summed E-state index contributed by atoms with van der Waals surface area (Å²) in [6.45, 7) is 2.47. The summed E-state index contributed by atoms with van der Waals surface area (Å²) in [5, 5.41) is 5.95. The predicted octanol–water partition coefficient (Wildman–Crippen LogP) is 2.20. The first-order chi connectivity index (χ1) is 14.7. The van der Waals surface area contributed by atoms with Crippen LogP contribution in [-0.4, -0.2) is 49.4 Å². The SMILES string of the molecule is CNC(=O)c1ccnc2c(CCNc3cc(-c4cnc(C)nc4)ncn3)ccnc12. The minimum atomic E-state index is -0.182. The van der Waals surface area contributed by atoms with Gasteiger partial charge < -0.3 is 10.6 Å². The van der Waals surface area contributed by atoms with E-state index in [4.69, 9.17) is 0 Å². The number of carbonyl (C=O) groups excluding carboxylic acids is 1. The number of hydrogen-bond donors (Lipinski definition) is 2. The molecule has 9 heteroatoms. The normalized spacial score (nSPS) is 10.7. The van der Waals surface area contributed by atoms with E-state index in [1.165, 1.54) is 6.33 Å². The maximum absolute atomic E-state index is 12.1. The third-order valence-electron chi connectivity index (χ3n) is 4.62. The highest BCUT2D eigenvalue weighted by molar-refractivity contribution is 6.04. The van der Waals surface area contributed by atoms with E-state index in [2.05, 4.69) is 40.5 Å². The Kier molecular flexibility index (Phi) is 5.51. The van der Waals surface area contributed by atoms with Crippen molar-refractivity contribution in [3.05, 3.63) is 66.3 Å². The van der Waals surface area contributed by atoms with Gasteiger partial charge >= 0.3 is 0 Å². The standard InChI is InChI=1S/C21H20N8O/c1-13-26-10-15(11-27-13)17-9-18(29-12-28-17)23-6-3-14-4-7-25-20-16(21(30)22-2)5-8-24-19(14)20/h4-5,7-12H,3,6H2,1-2H3,(H,22,30)(H,23,28,29). The van der Waals surface area contributed by atoms with Crippen LogP contribution >= 0.6 is 0 Å². The smallest absolute Gasteiger partial charge is 0.253 e. The lowest BCUT2D eigenvalue weighted by atomic mass is 10.1. The number of pyridine rings is 2. The summed E-state index contributed by atoms with van der Waals surface area (Å²) < 4.78 is 0. The lowest BCUT2D eigenvalue weighted by Crippen LogP contribution is -2.18. The Bertz CT molecular complexity index is 1190. The summed E-state index contributed by atoms with van der Waals surface area (Å²) in [6, 6.07) is 5.45. The number of rotatable bonds is 6. The lowest BCUT2D eigenvalue weighted by Gasteiger charge is -2.10. The molecular weight excluding hydrogens is 380 g/mol. The summed E-state index contributed by atoms with van der Waals surface area (Å²) in [5.41, 5.74) is 4.41. The van der Waals surface area contributed by atoms with Gasteiger partial charge in [-0.15, -0.1) is 0 Å². The first kappa shape index (κ1) is 19.3. The molecular formula is C21H20N8O. The highest BCUT2D eigenvalue weighted by atomic mass is 16.1. The summed E-state index contributed by atoms with van der Waals surface area (Å²) in [7, 11) is 1.60. The second-order valence-electron chi connectivity index (χ2n) is 6.59. The van der Waals surface area contributed by atoms with Crippen molar-refractivity contribution < 1.29 is 4.79 Å². The zero-order chi connectivity index (χ0) is 20.9. The van der Waals surface area contributed by atoms with Gasteiger partial charge in [-0.05, 0) is 31.0 Å². The Morgan fingerprint density at radius 1 is 0.967 bits per heavy atom. The van der Waals surface area contributed by atoms with Crippen LogP contribution in [0.15, 0.2) is 49.3 Å². The Morgan fingerprint density at radius 3 is 2.53 bits per heavy atom. The zero-order valence-electron chi connectivity index (χ0n) is 16.6. The fraction of sp³-hybridized carbons (Fsp3) is 0.190.